The highest BCUT2D eigenvalue weighted by Gasteiger charge is 2.36. The average molecular weight is 516 g/mol. The minimum absolute atomic E-state index is 0. The zero-order valence-electron chi connectivity index (χ0n) is 16.0. The highest BCUT2D eigenvalue weighted by atomic mass is 127. The Morgan fingerprint density at radius 1 is 1.30 bits per heavy atom. The highest BCUT2D eigenvalue weighted by Crippen LogP contribution is 2.22. The predicted octanol–water partition coefficient (Wildman–Crippen LogP) is -1.51. The van der Waals surface area contributed by atoms with E-state index in [9.17, 15) is 18.0 Å². The van der Waals surface area contributed by atoms with Crippen LogP contribution in [0.2, 0.25) is 0 Å². The van der Waals surface area contributed by atoms with E-state index in [1.54, 1.807) is 14.1 Å². The minimum Gasteiger partial charge on any atom is -0.355 e. The summed E-state index contributed by atoms with van der Waals surface area (Å²) in [7, 11) is 0.0909. The van der Waals surface area contributed by atoms with E-state index in [1.165, 1.54) is 4.90 Å². The number of nitrogens with zero attached hydrogens (tertiary/aromatic N) is 4. The van der Waals surface area contributed by atoms with Gasteiger partial charge in [-0.2, -0.15) is 0 Å². The summed E-state index contributed by atoms with van der Waals surface area (Å²) in [4.78, 5) is 33.5. The van der Waals surface area contributed by atoms with Gasteiger partial charge in [-0.3, -0.25) is 9.59 Å². The Bertz CT molecular complexity index is 669. The van der Waals surface area contributed by atoms with Crippen LogP contribution in [0.3, 0.4) is 0 Å². The van der Waals surface area contributed by atoms with Gasteiger partial charge >= 0.3 is 0 Å². The Labute approximate surface area is 177 Å². The minimum atomic E-state index is -3.25. The van der Waals surface area contributed by atoms with Gasteiger partial charge in [-0.15, -0.1) is 24.0 Å². The summed E-state index contributed by atoms with van der Waals surface area (Å²) >= 11 is 0. The highest BCUT2D eigenvalue weighted by molar-refractivity contribution is 14.0. The lowest BCUT2D eigenvalue weighted by Gasteiger charge is -2.39. The molecule has 0 aliphatic carbocycles. The molecule has 2 saturated heterocycles. The molecule has 0 aromatic carbocycles. The first kappa shape index (κ1) is 23.9. The van der Waals surface area contributed by atoms with E-state index in [0.29, 0.717) is 38.6 Å². The topological polar surface area (TPSA) is 114 Å². The molecule has 2 aliphatic heterocycles. The van der Waals surface area contributed by atoms with Crippen LogP contribution in [0.5, 0.6) is 0 Å². The average Bonchev–Trinajstić information content (AvgIpc) is 2.93. The molecule has 2 heterocycles. The molecule has 0 bridgehead atoms. The van der Waals surface area contributed by atoms with E-state index >= 15 is 0 Å². The third-order valence-corrected chi connectivity index (χ3v) is 5.16. The van der Waals surface area contributed by atoms with Gasteiger partial charge in [-0.1, -0.05) is 0 Å². The Hall–Kier alpha value is -1.15. The molecule has 0 spiro atoms. The number of sulfonamides is 1. The van der Waals surface area contributed by atoms with Crippen LogP contribution >= 0.6 is 24.0 Å². The number of piperazine rings is 1. The molecule has 2 amide bonds. The van der Waals surface area contributed by atoms with Gasteiger partial charge in [0.05, 0.1) is 6.26 Å². The second-order valence-corrected chi connectivity index (χ2v) is 8.58. The van der Waals surface area contributed by atoms with E-state index in [-0.39, 0.29) is 54.9 Å². The molecule has 27 heavy (non-hydrogen) atoms. The molecule has 156 valence electrons. The third kappa shape index (κ3) is 7.41. The first-order valence-corrected chi connectivity index (χ1v) is 10.5. The number of likely N-dealkylation sites (N-methyl/N-ethyl adjacent to an activating group) is 1. The van der Waals surface area contributed by atoms with Gasteiger partial charge in [0.15, 0.2) is 5.96 Å². The van der Waals surface area contributed by atoms with Crippen molar-refractivity contribution in [3.05, 3.63) is 0 Å². The largest absolute Gasteiger partial charge is 0.355 e. The molecule has 10 nitrogen and oxygen atoms in total. The molecule has 0 saturated carbocycles. The monoisotopic (exact) mass is 516 g/mol. The van der Waals surface area contributed by atoms with Crippen molar-refractivity contribution in [3.63, 3.8) is 0 Å². The van der Waals surface area contributed by atoms with Crippen molar-refractivity contribution >= 4 is 51.8 Å². The van der Waals surface area contributed by atoms with Crippen molar-refractivity contribution < 1.29 is 18.0 Å². The number of carbonyl (C=O) groups is 2. The van der Waals surface area contributed by atoms with E-state index in [0.717, 1.165) is 12.7 Å². The van der Waals surface area contributed by atoms with E-state index in [1.807, 2.05) is 9.80 Å². The summed E-state index contributed by atoms with van der Waals surface area (Å²) in [6.07, 6.45) is 2.51. The molecule has 1 atom stereocenters. The Balaban J connectivity index is 0.00000364. The number of nitrogens with one attached hydrogen (secondary N) is 2. The zero-order valence-corrected chi connectivity index (χ0v) is 19.1. The first-order valence-electron chi connectivity index (χ1n) is 8.65. The summed E-state index contributed by atoms with van der Waals surface area (Å²) in [6.45, 7) is 2.51. The normalized spacial score (nSPS) is 20.2. The molecule has 2 fully saturated rings. The number of guanidine groups is 1. The predicted molar refractivity (Wildman–Crippen MR) is 114 cm³/mol. The van der Waals surface area contributed by atoms with Crippen LogP contribution in [0.1, 0.15) is 12.8 Å². The number of halogens is 1. The molecule has 1 unspecified atom stereocenters. The number of aliphatic imine (C=N–C) groups is 1. The van der Waals surface area contributed by atoms with Crippen LogP contribution in [0.15, 0.2) is 4.99 Å². The fraction of sp³-hybridized carbons (Fsp3) is 0.800. The number of fused-ring (bicyclic) bond motifs is 1. The van der Waals surface area contributed by atoms with Gasteiger partial charge in [0.1, 0.15) is 6.54 Å². The lowest BCUT2D eigenvalue weighted by atomic mass is 10.1. The smallest absolute Gasteiger partial charge is 0.243 e. The van der Waals surface area contributed by atoms with Crippen LogP contribution in [0.25, 0.3) is 0 Å². The van der Waals surface area contributed by atoms with Gasteiger partial charge in [-0.25, -0.2) is 18.1 Å². The number of rotatable bonds is 6. The quantitative estimate of drug-likeness (QED) is 0.192. The van der Waals surface area contributed by atoms with Crippen molar-refractivity contribution in [2.45, 2.75) is 18.9 Å². The Kier molecular flexibility index (Phi) is 9.21. The van der Waals surface area contributed by atoms with Crippen molar-refractivity contribution in [1.82, 2.24) is 24.7 Å². The van der Waals surface area contributed by atoms with Gasteiger partial charge in [0.25, 0.3) is 0 Å². The summed E-state index contributed by atoms with van der Waals surface area (Å²) in [5, 5.41) is 3.12. The van der Waals surface area contributed by atoms with Gasteiger partial charge in [0.2, 0.25) is 21.8 Å². The lowest BCUT2D eigenvalue weighted by molar-refractivity contribution is -0.130. The van der Waals surface area contributed by atoms with Crippen LogP contribution in [-0.4, -0.2) is 107 Å². The molecule has 0 aromatic heterocycles. The van der Waals surface area contributed by atoms with Crippen LogP contribution in [0, 0.1) is 0 Å². The molecule has 0 aromatic rings. The maximum absolute atomic E-state index is 11.8. The fourth-order valence-electron chi connectivity index (χ4n) is 3.02. The number of hydrogen-bond donors (Lipinski definition) is 2. The van der Waals surface area contributed by atoms with Gasteiger partial charge in [-0.05, 0) is 6.42 Å². The summed E-state index contributed by atoms with van der Waals surface area (Å²) in [6, 6.07) is 0.168. The van der Waals surface area contributed by atoms with Crippen molar-refractivity contribution in [3.8, 4) is 0 Å². The van der Waals surface area contributed by atoms with Crippen molar-refractivity contribution in [2.75, 3.05) is 59.6 Å². The summed E-state index contributed by atoms with van der Waals surface area (Å²) in [5.74, 6) is 0.643. The Morgan fingerprint density at radius 2 is 2.00 bits per heavy atom. The summed E-state index contributed by atoms with van der Waals surface area (Å²) in [5.41, 5.74) is 0. The second kappa shape index (κ2) is 10.4. The van der Waals surface area contributed by atoms with E-state index < -0.39 is 10.0 Å². The van der Waals surface area contributed by atoms with E-state index in [4.69, 9.17) is 0 Å². The van der Waals surface area contributed by atoms with Gasteiger partial charge in [0, 0.05) is 59.3 Å². The van der Waals surface area contributed by atoms with Crippen molar-refractivity contribution in [2.24, 2.45) is 4.99 Å². The molecular weight excluding hydrogens is 487 g/mol. The number of amides is 2. The SMILES string of the molecule is CN(C)C(=O)CN=C(NCCNS(C)(=O)=O)N1CCN2C(=O)CCC2C1.I. The van der Waals surface area contributed by atoms with Gasteiger partial charge < -0.3 is 20.0 Å². The zero-order chi connectivity index (χ0) is 19.3. The lowest BCUT2D eigenvalue weighted by Crippen LogP contribution is -2.56. The molecule has 2 N–H and O–H groups in total. The van der Waals surface area contributed by atoms with Crippen LogP contribution in [0.4, 0.5) is 0 Å². The molecule has 2 aliphatic rings. The molecule has 12 heteroatoms. The molecule has 0 radical (unpaired) electrons. The van der Waals surface area contributed by atoms with Crippen molar-refractivity contribution in [1.29, 1.82) is 0 Å². The van der Waals surface area contributed by atoms with Crippen LogP contribution < -0.4 is 10.0 Å². The third-order valence-electron chi connectivity index (χ3n) is 4.43. The summed E-state index contributed by atoms with van der Waals surface area (Å²) < 4.78 is 24.7. The number of carbonyl (C=O) groups excluding carboxylic acids is 2. The fourth-order valence-corrected chi connectivity index (χ4v) is 3.49. The Morgan fingerprint density at radius 3 is 2.63 bits per heavy atom. The maximum Gasteiger partial charge on any atom is 0.243 e. The molecular formula is C15H29IN6O4S. The first-order chi connectivity index (χ1) is 12.2. The maximum atomic E-state index is 11.8. The van der Waals surface area contributed by atoms with E-state index in [2.05, 4.69) is 15.0 Å². The second-order valence-electron chi connectivity index (χ2n) is 6.75. The molecule has 2 rings (SSSR count). The van der Waals surface area contributed by atoms with Crippen LogP contribution in [-0.2, 0) is 19.6 Å². The standard InChI is InChI=1S/C15H28N6O4S.HI/c1-19(2)14(23)10-17-15(16-6-7-18-26(3,24)25)20-8-9-21-12(11-20)4-5-13(21)22;/h12,18H,4-11H2,1-3H3,(H,16,17);1H. The number of hydrogen-bond acceptors (Lipinski definition) is 5.